The number of hydrogen-bond donors (Lipinski definition) is 2. The molecule has 1 aromatic rings. The fourth-order valence-electron chi connectivity index (χ4n) is 3.55. The second-order valence-electron chi connectivity index (χ2n) is 6.47. The molecule has 3 rings (SSSR count). The number of amides is 2. The molecule has 23 heavy (non-hydrogen) atoms. The second-order valence-corrected chi connectivity index (χ2v) is 7.74. The Morgan fingerprint density at radius 1 is 1.35 bits per heavy atom. The molecule has 0 aromatic heterocycles. The number of carbonyl (C=O) groups excluding carboxylic acids is 1. The van der Waals surface area contributed by atoms with Crippen molar-refractivity contribution in [2.45, 2.75) is 42.9 Å². The summed E-state index contributed by atoms with van der Waals surface area (Å²) in [6, 6.07) is 8.54. The number of fused-ring (bicyclic) bond motifs is 1. The maximum Gasteiger partial charge on any atom is 0.315 e. The first-order chi connectivity index (χ1) is 11.2. The third-order valence-electron chi connectivity index (χ3n) is 5.08. The van der Waals surface area contributed by atoms with Crippen molar-refractivity contribution < 1.29 is 9.53 Å². The zero-order valence-corrected chi connectivity index (χ0v) is 14.6. The molecule has 2 N–H and O–H groups in total. The standard InChI is InChI=1S/C18H26N2O2S/c1-23-18(9-11-22-12-10-18)13-19-17(21)20-16-8-4-6-14-5-2-3-7-15(14)16/h2-3,5,7,16H,4,6,8-13H2,1H3,(H2,19,20,21)/t16-/m0/s1. The summed E-state index contributed by atoms with van der Waals surface area (Å²) in [6.45, 7) is 2.29. The van der Waals surface area contributed by atoms with Crippen LogP contribution < -0.4 is 10.6 Å². The first-order valence-corrected chi connectivity index (χ1v) is 9.70. The van der Waals surface area contributed by atoms with Crippen molar-refractivity contribution in [3.8, 4) is 0 Å². The van der Waals surface area contributed by atoms with Gasteiger partial charge in [0, 0.05) is 24.5 Å². The first kappa shape index (κ1) is 16.7. The van der Waals surface area contributed by atoms with E-state index in [4.69, 9.17) is 4.74 Å². The lowest BCUT2D eigenvalue weighted by Crippen LogP contribution is -2.48. The van der Waals surface area contributed by atoms with E-state index in [-0.39, 0.29) is 16.8 Å². The number of aryl methyl sites for hydroxylation is 1. The third kappa shape index (κ3) is 4.01. The van der Waals surface area contributed by atoms with Crippen molar-refractivity contribution in [2.75, 3.05) is 26.0 Å². The van der Waals surface area contributed by atoms with Crippen LogP contribution in [0.2, 0.25) is 0 Å². The number of hydrogen-bond acceptors (Lipinski definition) is 3. The van der Waals surface area contributed by atoms with E-state index in [0.29, 0.717) is 6.54 Å². The molecular formula is C18H26N2O2S. The molecule has 0 radical (unpaired) electrons. The first-order valence-electron chi connectivity index (χ1n) is 8.47. The van der Waals surface area contributed by atoms with Crippen LogP contribution in [0, 0.1) is 0 Å². The fraction of sp³-hybridized carbons (Fsp3) is 0.611. The van der Waals surface area contributed by atoms with Gasteiger partial charge in [-0.05, 0) is 49.5 Å². The van der Waals surface area contributed by atoms with Crippen molar-refractivity contribution in [1.82, 2.24) is 10.6 Å². The number of urea groups is 1. The highest BCUT2D eigenvalue weighted by atomic mass is 32.2. The molecule has 1 atom stereocenters. The minimum atomic E-state index is -0.0494. The lowest BCUT2D eigenvalue weighted by molar-refractivity contribution is 0.0777. The fourth-order valence-corrected chi connectivity index (χ4v) is 4.34. The smallest absolute Gasteiger partial charge is 0.315 e. The van der Waals surface area contributed by atoms with E-state index in [1.54, 1.807) is 0 Å². The van der Waals surface area contributed by atoms with Crippen LogP contribution >= 0.6 is 11.8 Å². The van der Waals surface area contributed by atoms with Gasteiger partial charge < -0.3 is 15.4 Å². The van der Waals surface area contributed by atoms with Crippen LogP contribution in [-0.2, 0) is 11.2 Å². The number of nitrogens with one attached hydrogen (secondary N) is 2. The highest BCUT2D eigenvalue weighted by molar-refractivity contribution is 8.00. The topological polar surface area (TPSA) is 50.4 Å². The van der Waals surface area contributed by atoms with Crippen LogP contribution in [0.15, 0.2) is 24.3 Å². The highest BCUT2D eigenvalue weighted by Gasteiger charge is 2.32. The molecule has 1 aromatic carbocycles. The molecule has 0 saturated carbocycles. The van der Waals surface area contributed by atoms with Crippen LogP contribution in [0.4, 0.5) is 4.79 Å². The van der Waals surface area contributed by atoms with Gasteiger partial charge >= 0.3 is 6.03 Å². The van der Waals surface area contributed by atoms with E-state index in [1.165, 1.54) is 11.1 Å². The average Bonchev–Trinajstić information content (AvgIpc) is 2.61. The van der Waals surface area contributed by atoms with Crippen LogP contribution in [0.5, 0.6) is 0 Å². The summed E-state index contributed by atoms with van der Waals surface area (Å²) in [5, 5.41) is 6.26. The lowest BCUT2D eigenvalue weighted by Gasteiger charge is -2.36. The minimum absolute atomic E-state index is 0.0494. The van der Waals surface area contributed by atoms with Gasteiger partial charge in [-0.1, -0.05) is 24.3 Å². The molecule has 1 saturated heterocycles. The van der Waals surface area contributed by atoms with Crippen molar-refractivity contribution >= 4 is 17.8 Å². The normalized spacial score (nSPS) is 22.9. The molecule has 0 bridgehead atoms. The Balaban J connectivity index is 1.56. The Labute approximate surface area is 142 Å². The van der Waals surface area contributed by atoms with Gasteiger partial charge in [-0.15, -0.1) is 0 Å². The van der Waals surface area contributed by atoms with E-state index < -0.39 is 0 Å². The molecule has 126 valence electrons. The zero-order valence-electron chi connectivity index (χ0n) is 13.8. The van der Waals surface area contributed by atoms with Gasteiger partial charge in [-0.2, -0.15) is 11.8 Å². The predicted molar refractivity (Wildman–Crippen MR) is 95.0 cm³/mol. The quantitative estimate of drug-likeness (QED) is 0.888. The number of benzene rings is 1. The van der Waals surface area contributed by atoms with E-state index in [0.717, 1.165) is 45.3 Å². The van der Waals surface area contributed by atoms with E-state index in [1.807, 2.05) is 11.8 Å². The zero-order chi connectivity index (χ0) is 16.1. The molecule has 5 heteroatoms. The lowest BCUT2D eigenvalue weighted by atomic mass is 9.88. The Kier molecular flexibility index (Phi) is 5.49. The Hall–Kier alpha value is -1.20. The van der Waals surface area contributed by atoms with E-state index in [9.17, 15) is 4.79 Å². The summed E-state index contributed by atoms with van der Waals surface area (Å²) in [5.74, 6) is 0. The predicted octanol–water partition coefficient (Wildman–Crippen LogP) is 3.28. The van der Waals surface area contributed by atoms with Gasteiger partial charge in [0.25, 0.3) is 0 Å². The van der Waals surface area contributed by atoms with Crippen molar-refractivity contribution in [3.05, 3.63) is 35.4 Å². The molecule has 1 aliphatic carbocycles. The Bertz CT molecular complexity index is 544. The maximum absolute atomic E-state index is 12.4. The van der Waals surface area contributed by atoms with E-state index in [2.05, 4.69) is 41.2 Å². The van der Waals surface area contributed by atoms with Crippen LogP contribution in [0.3, 0.4) is 0 Å². The van der Waals surface area contributed by atoms with E-state index >= 15 is 0 Å². The maximum atomic E-state index is 12.4. The molecule has 0 unspecified atom stereocenters. The summed E-state index contributed by atoms with van der Waals surface area (Å²) in [4.78, 5) is 12.4. The van der Waals surface area contributed by atoms with Gasteiger partial charge in [0.05, 0.1) is 6.04 Å². The third-order valence-corrected chi connectivity index (χ3v) is 6.50. The largest absolute Gasteiger partial charge is 0.381 e. The van der Waals surface area contributed by atoms with Crippen molar-refractivity contribution in [2.24, 2.45) is 0 Å². The summed E-state index contributed by atoms with van der Waals surface area (Å²) < 4.78 is 5.58. The molecule has 1 heterocycles. The molecule has 1 fully saturated rings. The second kappa shape index (κ2) is 7.58. The van der Waals surface area contributed by atoms with Gasteiger partial charge in [0.15, 0.2) is 0 Å². The number of carbonyl (C=O) groups is 1. The Morgan fingerprint density at radius 2 is 2.13 bits per heavy atom. The number of ether oxygens (including phenoxy) is 1. The van der Waals surface area contributed by atoms with Gasteiger partial charge in [0.2, 0.25) is 0 Å². The molecule has 2 amide bonds. The molecule has 4 nitrogen and oxygen atoms in total. The van der Waals surface area contributed by atoms with Gasteiger partial charge in [-0.25, -0.2) is 4.79 Å². The van der Waals surface area contributed by atoms with Crippen LogP contribution in [-0.4, -0.2) is 36.8 Å². The van der Waals surface area contributed by atoms with Crippen LogP contribution in [0.25, 0.3) is 0 Å². The summed E-state index contributed by atoms with van der Waals surface area (Å²) >= 11 is 1.85. The highest BCUT2D eigenvalue weighted by Crippen LogP contribution is 2.33. The minimum Gasteiger partial charge on any atom is -0.381 e. The molecule has 0 spiro atoms. The number of rotatable bonds is 4. The monoisotopic (exact) mass is 334 g/mol. The van der Waals surface area contributed by atoms with Crippen molar-refractivity contribution in [3.63, 3.8) is 0 Å². The SMILES string of the molecule is CSC1(CNC(=O)N[C@H]2CCCc3ccccc32)CCOCC1. The molecule has 2 aliphatic rings. The average molecular weight is 334 g/mol. The molecular weight excluding hydrogens is 308 g/mol. The van der Waals surface area contributed by atoms with Crippen LogP contribution in [0.1, 0.15) is 42.9 Å². The summed E-state index contributed by atoms with van der Waals surface area (Å²) in [6.07, 6.45) is 7.40. The summed E-state index contributed by atoms with van der Waals surface area (Å²) in [7, 11) is 0. The summed E-state index contributed by atoms with van der Waals surface area (Å²) in [5.41, 5.74) is 2.65. The molecule has 1 aliphatic heterocycles. The number of thioether (sulfide) groups is 1. The van der Waals surface area contributed by atoms with Gasteiger partial charge in [0.1, 0.15) is 0 Å². The van der Waals surface area contributed by atoms with Gasteiger partial charge in [-0.3, -0.25) is 0 Å². The van der Waals surface area contributed by atoms with Crippen molar-refractivity contribution in [1.29, 1.82) is 0 Å². The Morgan fingerprint density at radius 3 is 2.91 bits per heavy atom.